The highest BCUT2D eigenvalue weighted by Gasteiger charge is 2.33. The summed E-state index contributed by atoms with van der Waals surface area (Å²) in [6.45, 7) is 8.52. The molecule has 1 N–H and O–H groups in total. The van der Waals surface area contributed by atoms with E-state index in [4.69, 9.17) is 16.3 Å². The van der Waals surface area contributed by atoms with Crippen LogP contribution < -0.4 is 14.4 Å². The lowest BCUT2D eigenvalue weighted by Crippen LogP contribution is -2.54. The normalized spacial score (nSPS) is 12.4. The van der Waals surface area contributed by atoms with Crippen LogP contribution in [0.4, 0.5) is 5.69 Å². The number of amides is 2. The van der Waals surface area contributed by atoms with E-state index in [2.05, 4.69) is 5.32 Å². The van der Waals surface area contributed by atoms with Crippen LogP contribution in [0.3, 0.4) is 0 Å². The van der Waals surface area contributed by atoms with Crippen molar-refractivity contribution in [2.24, 2.45) is 0 Å². The molecule has 214 valence electrons. The van der Waals surface area contributed by atoms with E-state index in [0.717, 1.165) is 15.4 Å². The summed E-state index contributed by atoms with van der Waals surface area (Å²) in [5.74, 6) is -0.259. The summed E-state index contributed by atoms with van der Waals surface area (Å²) in [7, 11) is -2.60. The van der Waals surface area contributed by atoms with Gasteiger partial charge in [0.15, 0.2) is 0 Å². The predicted octanol–water partition coefficient (Wildman–Crippen LogP) is 5.18. The Morgan fingerprint density at radius 2 is 1.62 bits per heavy atom. The highest BCUT2D eigenvalue weighted by atomic mass is 35.5. The Balaban J connectivity index is 2.04. The number of benzene rings is 3. The molecule has 0 aliphatic rings. The first kappa shape index (κ1) is 31.0. The van der Waals surface area contributed by atoms with Gasteiger partial charge in [-0.2, -0.15) is 0 Å². The lowest BCUT2D eigenvalue weighted by atomic mass is 10.1. The molecule has 0 unspecified atom stereocenters. The minimum atomic E-state index is -4.16. The molecular formula is C30H36ClN3O5S. The highest BCUT2D eigenvalue weighted by molar-refractivity contribution is 7.92. The molecular weight excluding hydrogens is 550 g/mol. The fourth-order valence-corrected chi connectivity index (χ4v) is 5.57. The van der Waals surface area contributed by atoms with Gasteiger partial charge in [0.25, 0.3) is 10.0 Å². The summed E-state index contributed by atoms with van der Waals surface area (Å²) in [4.78, 5) is 28.6. The molecule has 3 aromatic carbocycles. The van der Waals surface area contributed by atoms with Gasteiger partial charge in [0.1, 0.15) is 18.3 Å². The number of carbonyl (C=O) groups excluding carboxylic acids is 2. The number of sulfonamides is 1. The molecule has 0 saturated heterocycles. The number of hydrogen-bond donors (Lipinski definition) is 1. The highest BCUT2D eigenvalue weighted by Crippen LogP contribution is 2.28. The van der Waals surface area contributed by atoms with Gasteiger partial charge in [-0.15, -0.1) is 0 Å². The molecule has 1 atom stereocenters. The van der Waals surface area contributed by atoms with Crippen molar-refractivity contribution in [3.8, 4) is 5.75 Å². The van der Waals surface area contributed by atoms with E-state index in [9.17, 15) is 18.0 Å². The number of methoxy groups -OCH3 is 1. The molecule has 0 aliphatic carbocycles. The Morgan fingerprint density at radius 3 is 2.17 bits per heavy atom. The monoisotopic (exact) mass is 585 g/mol. The van der Waals surface area contributed by atoms with Gasteiger partial charge in [-0.05, 0) is 82.1 Å². The molecule has 2 amide bonds. The largest absolute Gasteiger partial charge is 0.497 e. The maximum absolute atomic E-state index is 14.0. The molecule has 0 heterocycles. The number of carbonyl (C=O) groups is 2. The Hall–Kier alpha value is -3.56. The summed E-state index contributed by atoms with van der Waals surface area (Å²) >= 11 is 6.36. The minimum absolute atomic E-state index is 0.0275. The fraction of sp³-hybridized carbons (Fsp3) is 0.333. The molecule has 40 heavy (non-hydrogen) atoms. The van der Waals surface area contributed by atoms with Crippen LogP contribution in [0.25, 0.3) is 0 Å². The zero-order valence-corrected chi connectivity index (χ0v) is 25.2. The SMILES string of the molecule is COc1ccc(CN(C(=O)CN(c2ccc(C)c(Cl)c2)S(=O)(=O)c2ccccc2)[C@H](C)C(=O)NC(C)(C)C)cc1. The number of nitrogens with one attached hydrogen (secondary N) is 1. The van der Waals surface area contributed by atoms with Crippen molar-refractivity contribution in [2.75, 3.05) is 18.0 Å². The van der Waals surface area contributed by atoms with E-state index in [0.29, 0.717) is 10.8 Å². The topological polar surface area (TPSA) is 96.0 Å². The van der Waals surface area contributed by atoms with E-state index in [1.54, 1.807) is 75.6 Å². The Kier molecular flexibility index (Phi) is 9.87. The summed E-state index contributed by atoms with van der Waals surface area (Å²) in [6, 6.07) is 18.9. The van der Waals surface area contributed by atoms with Crippen LogP contribution in [-0.2, 0) is 26.2 Å². The Bertz CT molecular complexity index is 1440. The van der Waals surface area contributed by atoms with E-state index in [1.807, 2.05) is 20.8 Å². The smallest absolute Gasteiger partial charge is 0.264 e. The summed E-state index contributed by atoms with van der Waals surface area (Å²) in [5, 5.41) is 3.28. The van der Waals surface area contributed by atoms with Crippen molar-refractivity contribution < 1.29 is 22.7 Å². The number of hydrogen-bond acceptors (Lipinski definition) is 5. The molecule has 3 rings (SSSR count). The molecule has 0 radical (unpaired) electrons. The summed E-state index contributed by atoms with van der Waals surface area (Å²) in [5.41, 5.74) is 1.23. The van der Waals surface area contributed by atoms with E-state index >= 15 is 0 Å². The molecule has 3 aromatic rings. The summed E-state index contributed by atoms with van der Waals surface area (Å²) < 4.78 is 33.9. The van der Waals surface area contributed by atoms with E-state index < -0.39 is 34.1 Å². The van der Waals surface area contributed by atoms with E-state index in [1.165, 1.54) is 23.1 Å². The molecule has 0 bridgehead atoms. The molecule has 0 fully saturated rings. The van der Waals surface area contributed by atoms with Crippen molar-refractivity contribution in [1.29, 1.82) is 0 Å². The van der Waals surface area contributed by atoms with Gasteiger partial charge in [0.2, 0.25) is 11.8 Å². The molecule has 0 spiro atoms. The fourth-order valence-electron chi connectivity index (χ4n) is 3.97. The van der Waals surface area contributed by atoms with E-state index in [-0.39, 0.29) is 23.0 Å². The lowest BCUT2D eigenvalue weighted by Gasteiger charge is -2.33. The third-order valence-corrected chi connectivity index (χ3v) is 8.43. The minimum Gasteiger partial charge on any atom is -0.497 e. The number of anilines is 1. The molecule has 8 nitrogen and oxygen atoms in total. The molecule has 0 aromatic heterocycles. The maximum Gasteiger partial charge on any atom is 0.264 e. The average molecular weight is 586 g/mol. The quantitative estimate of drug-likeness (QED) is 0.353. The molecule has 10 heteroatoms. The zero-order valence-electron chi connectivity index (χ0n) is 23.6. The van der Waals surface area contributed by atoms with Crippen LogP contribution in [0.15, 0.2) is 77.7 Å². The van der Waals surface area contributed by atoms with Gasteiger partial charge in [-0.25, -0.2) is 8.42 Å². The number of rotatable bonds is 10. The first-order valence-electron chi connectivity index (χ1n) is 12.8. The third kappa shape index (κ3) is 7.76. The number of nitrogens with zero attached hydrogens (tertiary/aromatic N) is 2. The first-order valence-corrected chi connectivity index (χ1v) is 14.6. The van der Waals surface area contributed by atoms with Crippen LogP contribution in [0, 0.1) is 6.92 Å². The van der Waals surface area contributed by atoms with Crippen molar-refractivity contribution in [3.63, 3.8) is 0 Å². The second-order valence-corrected chi connectivity index (χ2v) is 12.8. The van der Waals surface area contributed by atoms with Gasteiger partial charge >= 0.3 is 0 Å². The van der Waals surface area contributed by atoms with Crippen molar-refractivity contribution in [1.82, 2.24) is 10.2 Å². The van der Waals surface area contributed by atoms with Crippen LogP contribution in [-0.4, -0.2) is 50.4 Å². The van der Waals surface area contributed by atoms with Gasteiger partial charge in [0.05, 0.1) is 17.7 Å². The molecule has 0 saturated carbocycles. The first-order chi connectivity index (χ1) is 18.7. The van der Waals surface area contributed by atoms with Crippen LogP contribution in [0.1, 0.15) is 38.8 Å². The predicted molar refractivity (Wildman–Crippen MR) is 158 cm³/mol. The second-order valence-electron chi connectivity index (χ2n) is 10.5. The number of halogens is 1. The maximum atomic E-state index is 14.0. The number of aryl methyl sites for hydroxylation is 1. The van der Waals surface area contributed by atoms with Gasteiger partial charge in [-0.1, -0.05) is 48.0 Å². The van der Waals surface area contributed by atoms with Crippen molar-refractivity contribution in [2.45, 2.75) is 57.6 Å². The Labute approximate surface area is 241 Å². The van der Waals surface area contributed by atoms with Crippen LogP contribution in [0.5, 0.6) is 5.75 Å². The average Bonchev–Trinajstić information content (AvgIpc) is 2.91. The van der Waals surface area contributed by atoms with Crippen LogP contribution >= 0.6 is 11.6 Å². The van der Waals surface area contributed by atoms with Crippen LogP contribution in [0.2, 0.25) is 5.02 Å². The Morgan fingerprint density at radius 1 is 1.00 bits per heavy atom. The lowest BCUT2D eigenvalue weighted by molar-refractivity contribution is -0.140. The standard InChI is InChI=1S/C30H36ClN3O5S/c1-21-12-15-24(18-27(21)31)34(40(37,38)26-10-8-7-9-11-26)20-28(35)33(22(2)29(36)32-30(3,4)5)19-23-13-16-25(39-6)17-14-23/h7-18,22H,19-20H2,1-6H3,(H,32,36)/t22-/m1/s1. The van der Waals surface area contributed by atoms with Gasteiger partial charge in [-0.3, -0.25) is 13.9 Å². The van der Waals surface area contributed by atoms with Crippen molar-refractivity contribution >= 4 is 39.1 Å². The van der Waals surface area contributed by atoms with Gasteiger partial charge in [0, 0.05) is 17.1 Å². The third-order valence-electron chi connectivity index (χ3n) is 6.23. The molecule has 0 aliphatic heterocycles. The number of ether oxygens (including phenoxy) is 1. The second kappa shape index (κ2) is 12.7. The van der Waals surface area contributed by atoms with Crippen molar-refractivity contribution in [3.05, 3.63) is 88.9 Å². The van der Waals surface area contributed by atoms with Gasteiger partial charge < -0.3 is 15.0 Å². The summed E-state index contributed by atoms with van der Waals surface area (Å²) in [6.07, 6.45) is 0. The zero-order chi connectivity index (χ0) is 29.7.